The summed E-state index contributed by atoms with van der Waals surface area (Å²) in [4.78, 5) is 11.3. The van der Waals surface area contributed by atoms with Crippen LogP contribution in [0.15, 0.2) is 18.2 Å². The maximum atomic E-state index is 11.3. The Labute approximate surface area is 118 Å². The van der Waals surface area contributed by atoms with Crippen molar-refractivity contribution < 1.29 is 14.3 Å². The van der Waals surface area contributed by atoms with E-state index in [4.69, 9.17) is 16.3 Å². The molecule has 1 unspecified atom stereocenters. The molecule has 1 aromatic rings. The van der Waals surface area contributed by atoms with Gasteiger partial charge in [0.05, 0.1) is 12.1 Å². The predicted octanol–water partition coefficient (Wildman–Crippen LogP) is 2.53. The summed E-state index contributed by atoms with van der Waals surface area (Å²) in [6, 6.07) is 6.25. The van der Waals surface area contributed by atoms with E-state index in [2.05, 4.69) is 10.1 Å². The molecule has 0 heterocycles. The molecule has 0 aromatic heterocycles. The Morgan fingerprint density at radius 2 is 2.26 bits per heavy atom. The molecule has 0 spiro atoms. The van der Waals surface area contributed by atoms with Gasteiger partial charge in [-0.15, -0.1) is 0 Å². The van der Waals surface area contributed by atoms with Crippen molar-refractivity contribution in [1.82, 2.24) is 5.32 Å². The van der Waals surface area contributed by atoms with E-state index in [1.807, 2.05) is 12.1 Å². The van der Waals surface area contributed by atoms with Crippen LogP contribution in [0.5, 0.6) is 5.75 Å². The summed E-state index contributed by atoms with van der Waals surface area (Å²) in [6.45, 7) is 2.43. The highest BCUT2D eigenvalue weighted by atomic mass is 35.5. The smallest absolute Gasteiger partial charge is 0.346 e. The molecular weight excluding hydrogens is 266 g/mol. The fraction of sp³-hybridized carbons (Fsp3) is 0.500. The van der Waals surface area contributed by atoms with Gasteiger partial charge in [0.2, 0.25) is 0 Å². The van der Waals surface area contributed by atoms with E-state index in [9.17, 15) is 4.79 Å². The van der Waals surface area contributed by atoms with Gasteiger partial charge in [0.25, 0.3) is 0 Å². The van der Waals surface area contributed by atoms with Crippen LogP contribution in [-0.4, -0.2) is 25.2 Å². The Hall–Kier alpha value is -1.26. The standard InChI is InChI=1S/C14H18ClNO3/c1-9(14(17)18-2)19-13-6-3-10(7-12(13)15)8-16-11-4-5-11/h3,6-7,9,11,16H,4-5,8H2,1-2H3. The summed E-state index contributed by atoms with van der Waals surface area (Å²) >= 11 is 6.15. The third-order valence-electron chi connectivity index (χ3n) is 3.01. The molecule has 5 heteroatoms. The second-order valence-electron chi connectivity index (χ2n) is 4.70. The molecule has 0 amide bonds. The number of methoxy groups -OCH3 is 1. The predicted molar refractivity (Wildman–Crippen MR) is 73.4 cm³/mol. The zero-order valence-corrected chi connectivity index (χ0v) is 11.9. The molecular formula is C14H18ClNO3. The first-order valence-corrected chi connectivity index (χ1v) is 6.74. The van der Waals surface area contributed by atoms with Crippen LogP contribution >= 0.6 is 11.6 Å². The average molecular weight is 284 g/mol. The lowest BCUT2D eigenvalue weighted by Gasteiger charge is -2.14. The lowest BCUT2D eigenvalue weighted by Crippen LogP contribution is -2.25. The topological polar surface area (TPSA) is 47.6 Å². The number of carbonyl (C=O) groups excluding carboxylic acids is 1. The molecule has 2 rings (SSSR count). The van der Waals surface area contributed by atoms with E-state index < -0.39 is 12.1 Å². The Bertz CT molecular complexity index is 460. The number of benzene rings is 1. The maximum Gasteiger partial charge on any atom is 0.346 e. The molecule has 1 fully saturated rings. The quantitative estimate of drug-likeness (QED) is 0.815. The van der Waals surface area contributed by atoms with E-state index in [1.165, 1.54) is 20.0 Å². The number of halogens is 1. The lowest BCUT2D eigenvalue weighted by molar-refractivity contribution is -0.147. The van der Waals surface area contributed by atoms with Crippen molar-refractivity contribution in [3.05, 3.63) is 28.8 Å². The van der Waals surface area contributed by atoms with Gasteiger partial charge < -0.3 is 14.8 Å². The minimum atomic E-state index is -0.669. The molecule has 1 N–H and O–H groups in total. The summed E-state index contributed by atoms with van der Waals surface area (Å²) in [5.41, 5.74) is 1.11. The van der Waals surface area contributed by atoms with Crippen molar-refractivity contribution in [2.75, 3.05) is 7.11 Å². The minimum Gasteiger partial charge on any atom is -0.477 e. The summed E-state index contributed by atoms with van der Waals surface area (Å²) in [5, 5.41) is 3.92. The van der Waals surface area contributed by atoms with Crippen LogP contribution in [0.4, 0.5) is 0 Å². The van der Waals surface area contributed by atoms with Crippen LogP contribution in [0.1, 0.15) is 25.3 Å². The number of hydrogen-bond donors (Lipinski definition) is 1. The normalized spacial score (nSPS) is 15.9. The molecule has 4 nitrogen and oxygen atoms in total. The van der Waals surface area contributed by atoms with Gasteiger partial charge in [0.15, 0.2) is 6.10 Å². The Balaban J connectivity index is 1.95. The zero-order valence-electron chi connectivity index (χ0n) is 11.1. The fourth-order valence-electron chi connectivity index (χ4n) is 1.70. The zero-order chi connectivity index (χ0) is 13.8. The first kappa shape index (κ1) is 14.2. The van der Waals surface area contributed by atoms with Gasteiger partial charge >= 0.3 is 5.97 Å². The number of esters is 1. The van der Waals surface area contributed by atoms with Crippen LogP contribution in [0.2, 0.25) is 5.02 Å². The van der Waals surface area contributed by atoms with E-state index in [-0.39, 0.29) is 0 Å². The molecule has 0 saturated heterocycles. The van der Waals surface area contributed by atoms with Crippen molar-refractivity contribution in [3.8, 4) is 5.75 Å². The first-order chi connectivity index (χ1) is 9.10. The van der Waals surface area contributed by atoms with Gasteiger partial charge in [-0.3, -0.25) is 0 Å². The molecule has 104 valence electrons. The summed E-state index contributed by atoms with van der Waals surface area (Å²) in [7, 11) is 1.33. The number of carbonyl (C=O) groups is 1. The van der Waals surface area contributed by atoms with Crippen molar-refractivity contribution in [2.45, 2.75) is 38.5 Å². The molecule has 1 atom stereocenters. The highest BCUT2D eigenvalue weighted by Gasteiger charge is 2.20. The molecule has 1 aromatic carbocycles. The van der Waals surface area contributed by atoms with Crippen LogP contribution in [0, 0.1) is 0 Å². The Morgan fingerprint density at radius 1 is 1.53 bits per heavy atom. The third-order valence-corrected chi connectivity index (χ3v) is 3.30. The summed E-state index contributed by atoms with van der Waals surface area (Å²) < 4.78 is 10.1. The van der Waals surface area contributed by atoms with E-state index >= 15 is 0 Å². The van der Waals surface area contributed by atoms with Gasteiger partial charge in [-0.2, -0.15) is 0 Å². The lowest BCUT2D eigenvalue weighted by atomic mass is 10.2. The van der Waals surface area contributed by atoms with Crippen LogP contribution in [-0.2, 0) is 16.1 Å². The SMILES string of the molecule is COC(=O)C(C)Oc1ccc(CNC2CC2)cc1Cl. The first-order valence-electron chi connectivity index (χ1n) is 6.36. The molecule has 1 saturated carbocycles. The van der Waals surface area contributed by atoms with Gasteiger partial charge in [-0.25, -0.2) is 4.79 Å². The van der Waals surface area contributed by atoms with E-state index in [0.717, 1.165) is 12.1 Å². The van der Waals surface area contributed by atoms with Crippen molar-refractivity contribution >= 4 is 17.6 Å². The van der Waals surface area contributed by atoms with Crippen molar-refractivity contribution in [1.29, 1.82) is 0 Å². The average Bonchev–Trinajstić information content (AvgIpc) is 3.22. The number of ether oxygens (including phenoxy) is 2. The van der Waals surface area contributed by atoms with Gasteiger partial charge in [0, 0.05) is 12.6 Å². The summed E-state index contributed by atoms with van der Waals surface area (Å²) in [5.74, 6) is 0.0743. The van der Waals surface area contributed by atoms with Crippen LogP contribution in [0.3, 0.4) is 0 Å². The number of rotatable bonds is 6. The second kappa shape index (κ2) is 6.26. The number of hydrogen-bond acceptors (Lipinski definition) is 4. The van der Waals surface area contributed by atoms with E-state index in [0.29, 0.717) is 16.8 Å². The molecule has 0 bridgehead atoms. The molecule has 0 aliphatic heterocycles. The van der Waals surface area contributed by atoms with E-state index in [1.54, 1.807) is 13.0 Å². The monoisotopic (exact) mass is 283 g/mol. The molecule has 19 heavy (non-hydrogen) atoms. The highest BCUT2D eigenvalue weighted by Crippen LogP contribution is 2.27. The Morgan fingerprint density at radius 3 is 2.84 bits per heavy atom. The van der Waals surface area contributed by atoms with Crippen molar-refractivity contribution in [2.24, 2.45) is 0 Å². The Kier molecular flexibility index (Phi) is 4.66. The summed E-state index contributed by atoms with van der Waals surface area (Å²) in [6.07, 6.45) is 1.84. The third kappa shape index (κ3) is 4.11. The number of nitrogens with one attached hydrogen (secondary N) is 1. The van der Waals surface area contributed by atoms with Crippen LogP contribution in [0.25, 0.3) is 0 Å². The minimum absolute atomic E-state index is 0.421. The molecule has 1 aliphatic carbocycles. The maximum absolute atomic E-state index is 11.3. The second-order valence-corrected chi connectivity index (χ2v) is 5.11. The molecule has 0 radical (unpaired) electrons. The fourth-order valence-corrected chi connectivity index (χ4v) is 1.95. The molecule has 1 aliphatic rings. The van der Waals surface area contributed by atoms with Gasteiger partial charge in [0.1, 0.15) is 5.75 Å². The largest absolute Gasteiger partial charge is 0.477 e. The van der Waals surface area contributed by atoms with Crippen molar-refractivity contribution in [3.63, 3.8) is 0 Å². The van der Waals surface area contributed by atoms with Gasteiger partial charge in [-0.1, -0.05) is 17.7 Å². The highest BCUT2D eigenvalue weighted by molar-refractivity contribution is 6.32. The van der Waals surface area contributed by atoms with Crippen LogP contribution < -0.4 is 10.1 Å². The van der Waals surface area contributed by atoms with Gasteiger partial charge in [-0.05, 0) is 37.5 Å².